The van der Waals surface area contributed by atoms with Gasteiger partial charge in [-0.1, -0.05) is 107 Å². The summed E-state index contributed by atoms with van der Waals surface area (Å²) in [6, 6.07) is 59.7. The van der Waals surface area contributed by atoms with Crippen LogP contribution in [0.15, 0.2) is 189 Å². The number of rotatable bonds is 4. The predicted molar refractivity (Wildman–Crippen MR) is 286 cm³/mol. The molecule has 0 radical (unpaired) electrons. The molecule has 0 atom stereocenters. The van der Waals surface area contributed by atoms with Gasteiger partial charge in [0, 0.05) is 88.1 Å². The Bertz CT molecular complexity index is 3560. The van der Waals surface area contributed by atoms with Crippen LogP contribution < -0.4 is 9.80 Å². The summed E-state index contributed by atoms with van der Waals surface area (Å²) in [5.74, 6) is 0. The second-order valence-electron chi connectivity index (χ2n) is 17.3. The molecule has 4 aliphatic heterocycles. The normalized spacial score (nSPS) is 13.6. The maximum absolute atomic E-state index is 6.44. The number of hydrogen-bond acceptors (Lipinski definition) is 6. The number of nitrogens with one attached hydrogen (secondary N) is 2. The van der Waals surface area contributed by atoms with E-state index in [0.717, 1.165) is 89.4 Å². The smallest absolute Gasteiger partial charge is 0.0736 e. The summed E-state index contributed by atoms with van der Waals surface area (Å²) in [5, 5.41) is 1.37. The van der Waals surface area contributed by atoms with Gasteiger partial charge in [0.2, 0.25) is 0 Å². The standard InChI is InChI=1S/C58H38Cl2N6S2/c1-65-51-7-3-5-9-55(51)67-57-23-35(15-21-53(57)65)45-27-41-29-47-44(34-13-19-38(60)20-14-34)26-40(62-47)32-50-46(36-16-22-54-58(24-36)68-56-10-6-4-8-52(56)66(54)2)28-42(64-50)30-48-43(33-11-17-37(59)18-12-33)25-39(61-48)31-49(45)63-41/h3-32,63-64H,1-2H3. The minimum Gasteiger partial charge on any atom is -0.355 e. The van der Waals surface area contributed by atoms with Crippen LogP contribution in [0, 0.1) is 0 Å². The van der Waals surface area contributed by atoms with Gasteiger partial charge in [-0.05, 0) is 144 Å². The van der Waals surface area contributed by atoms with Crippen LogP contribution in [0.3, 0.4) is 0 Å². The second kappa shape index (κ2) is 16.2. The van der Waals surface area contributed by atoms with Crippen molar-refractivity contribution in [3.63, 3.8) is 0 Å². The van der Waals surface area contributed by atoms with Crippen molar-refractivity contribution in [3.8, 4) is 22.3 Å². The number of H-pyrrole nitrogens is 2. The Balaban J connectivity index is 1.04. The summed E-state index contributed by atoms with van der Waals surface area (Å²) in [6.07, 6.45) is 4.34. The first kappa shape index (κ1) is 41.0. The molecule has 6 aromatic carbocycles. The van der Waals surface area contributed by atoms with E-state index in [0.29, 0.717) is 10.0 Å². The first-order valence-corrected chi connectivity index (χ1v) is 24.7. The molecule has 0 amide bonds. The summed E-state index contributed by atoms with van der Waals surface area (Å²) in [7, 11) is 4.28. The molecule has 6 nitrogen and oxygen atoms in total. The van der Waals surface area contributed by atoms with E-state index in [9.17, 15) is 0 Å². The van der Waals surface area contributed by atoms with Crippen LogP contribution in [0.1, 0.15) is 33.9 Å². The predicted octanol–water partition coefficient (Wildman–Crippen LogP) is 16.6. The topological polar surface area (TPSA) is 63.8 Å². The Morgan fingerprint density at radius 1 is 0.412 bits per heavy atom. The zero-order chi connectivity index (χ0) is 45.6. The SMILES string of the molecule is CN1c2ccccc2Sc2cc(-c3cc4cc5nc(cc6[nH]c(cc7nc(cc3[nH]4)C=C7c3ccc(Cl)cc3)cc6-c3ccc4c(c3)Sc3ccccc3N4C)C=C5c3ccc(Cl)cc3)ccc21. The van der Waals surface area contributed by atoms with E-state index in [1.807, 2.05) is 47.8 Å². The molecular formula is C58H38Cl2N6S2. The van der Waals surface area contributed by atoms with Crippen molar-refractivity contribution < 1.29 is 0 Å². The molecule has 0 unspecified atom stereocenters. The number of para-hydroxylation sites is 2. The van der Waals surface area contributed by atoms with Gasteiger partial charge in [-0.3, -0.25) is 0 Å². The maximum atomic E-state index is 6.44. The lowest BCUT2D eigenvalue weighted by Gasteiger charge is -2.29. The minimum atomic E-state index is 0.684. The molecule has 2 N–H and O–H groups in total. The van der Waals surface area contributed by atoms with E-state index < -0.39 is 0 Å². The summed E-state index contributed by atoms with van der Waals surface area (Å²) < 4.78 is 0. The summed E-state index contributed by atoms with van der Waals surface area (Å²) in [5.41, 5.74) is 20.2. The van der Waals surface area contributed by atoms with Crippen LogP contribution in [-0.2, 0) is 0 Å². The third-order valence-corrected chi connectivity index (χ3v) is 15.7. The number of hydrogen-bond donors (Lipinski definition) is 2. The lowest BCUT2D eigenvalue weighted by Crippen LogP contribution is -2.14. The Labute approximate surface area is 411 Å². The van der Waals surface area contributed by atoms with Gasteiger partial charge in [0.05, 0.1) is 45.5 Å². The van der Waals surface area contributed by atoms with Gasteiger partial charge in [0.25, 0.3) is 0 Å². The van der Waals surface area contributed by atoms with E-state index in [4.69, 9.17) is 33.2 Å². The van der Waals surface area contributed by atoms with Gasteiger partial charge in [-0.2, -0.15) is 0 Å². The van der Waals surface area contributed by atoms with Crippen molar-refractivity contribution in [1.29, 1.82) is 0 Å². The largest absolute Gasteiger partial charge is 0.355 e. The number of aromatic amines is 2. The van der Waals surface area contributed by atoms with Gasteiger partial charge in [0.1, 0.15) is 0 Å². The first-order valence-electron chi connectivity index (χ1n) is 22.3. The monoisotopic (exact) mass is 952 g/mol. The molecule has 3 aromatic heterocycles. The lowest BCUT2D eigenvalue weighted by atomic mass is 10.0. The van der Waals surface area contributed by atoms with Gasteiger partial charge < -0.3 is 19.8 Å². The minimum absolute atomic E-state index is 0.684. The zero-order valence-electron chi connectivity index (χ0n) is 36.7. The summed E-state index contributed by atoms with van der Waals surface area (Å²) in [6.45, 7) is 0. The van der Waals surface area contributed by atoms with Crippen molar-refractivity contribution in [2.45, 2.75) is 19.6 Å². The van der Waals surface area contributed by atoms with Crippen molar-refractivity contribution in [1.82, 2.24) is 19.9 Å². The maximum Gasteiger partial charge on any atom is 0.0736 e. The molecule has 8 bridgehead atoms. The Morgan fingerprint density at radius 3 is 1.25 bits per heavy atom. The van der Waals surface area contributed by atoms with Gasteiger partial charge in [0.15, 0.2) is 0 Å². The van der Waals surface area contributed by atoms with Crippen LogP contribution in [0.2, 0.25) is 10.0 Å². The molecule has 326 valence electrons. The summed E-state index contributed by atoms with van der Waals surface area (Å²) in [4.78, 5) is 27.8. The Hall–Kier alpha value is -7.20. The average molecular weight is 954 g/mol. The van der Waals surface area contributed by atoms with Crippen LogP contribution >= 0.6 is 46.7 Å². The highest BCUT2D eigenvalue weighted by molar-refractivity contribution is 8.00. The molecule has 13 rings (SSSR count). The van der Waals surface area contributed by atoms with Crippen LogP contribution in [0.4, 0.5) is 22.7 Å². The molecule has 0 saturated carbocycles. The van der Waals surface area contributed by atoms with E-state index in [-0.39, 0.29) is 0 Å². The number of nitrogens with zero attached hydrogens (tertiary/aromatic N) is 4. The molecule has 0 saturated heterocycles. The molecule has 7 heterocycles. The fourth-order valence-electron chi connectivity index (χ4n) is 9.65. The van der Waals surface area contributed by atoms with E-state index >= 15 is 0 Å². The number of fused-ring (bicyclic) bond motifs is 12. The van der Waals surface area contributed by atoms with E-state index in [1.54, 1.807) is 0 Å². The number of aromatic nitrogens is 4. The van der Waals surface area contributed by atoms with Crippen LogP contribution in [-0.4, -0.2) is 34.0 Å². The summed E-state index contributed by atoms with van der Waals surface area (Å²) >= 11 is 16.5. The van der Waals surface area contributed by atoms with Crippen molar-refractivity contribution in [2.75, 3.05) is 23.9 Å². The molecule has 9 aromatic rings. The molecule has 10 heteroatoms. The molecular weight excluding hydrogens is 916 g/mol. The second-order valence-corrected chi connectivity index (χ2v) is 20.3. The molecule has 4 aliphatic rings. The van der Waals surface area contributed by atoms with Crippen molar-refractivity contribution in [3.05, 3.63) is 214 Å². The Kier molecular flexibility index (Phi) is 9.80. The zero-order valence-corrected chi connectivity index (χ0v) is 39.8. The highest BCUT2D eigenvalue weighted by Gasteiger charge is 2.24. The first-order chi connectivity index (χ1) is 33.2. The number of benzene rings is 6. The average Bonchev–Trinajstić information content (AvgIpc) is 4.15. The van der Waals surface area contributed by atoms with E-state index in [2.05, 4.69) is 192 Å². The quantitative estimate of drug-likeness (QED) is 0.183. The molecule has 68 heavy (non-hydrogen) atoms. The van der Waals surface area contributed by atoms with Gasteiger partial charge in [-0.15, -0.1) is 0 Å². The highest BCUT2D eigenvalue weighted by Crippen LogP contribution is 2.50. The third kappa shape index (κ3) is 7.23. The van der Waals surface area contributed by atoms with Crippen molar-refractivity contribution in [2.24, 2.45) is 0 Å². The molecule has 0 spiro atoms. The molecule has 0 fully saturated rings. The van der Waals surface area contributed by atoms with Gasteiger partial charge >= 0.3 is 0 Å². The third-order valence-electron chi connectivity index (χ3n) is 13.0. The van der Waals surface area contributed by atoms with E-state index in [1.165, 1.54) is 42.3 Å². The molecule has 0 aliphatic carbocycles. The van der Waals surface area contributed by atoms with Crippen LogP contribution in [0.25, 0.3) is 67.6 Å². The fourth-order valence-corrected chi connectivity index (χ4v) is 12.3. The van der Waals surface area contributed by atoms with Crippen LogP contribution in [0.5, 0.6) is 0 Å². The Morgan fingerprint density at radius 2 is 0.809 bits per heavy atom. The lowest BCUT2D eigenvalue weighted by molar-refractivity contribution is 1.11. The number of halogens is 2. The van der Waals surface area contributed by atoms with Gasteiger partial charge in [-0.25, -0.2) is 9.97 Å². The number of anilines is 4. The highest BCUT2D eigenvalue weighted by atomic mass is 35.5. The van der Waals surface area contributed by atoms with Crippen molar-refractivity contribution >= 4 is 115 Å². The fraction of sp³-hybridized carbons (Fsp3) is 0.0345.